The zero-order chi connectivity index (χ0) is 36.4. The summed E-state index contributed by atoms with van der Waals surface area (Å²) in [4.78, 5) is 27.4. The highest BCUT2D eigenvalue weighted by Crippen LogP contribution is 2.50. The molecule has 50 heavy (non-hydrogen) atoms. The summed E-state index contributed by atoms with van der Waals surface area (Å²) in [6, 6.07) is 1.03. The normalized spacial score (nSPS) is 26.0. The van der Waals surface area contributed by atoms with Crippen LogP contribution in [0.5, 0.6) is 0 Å². The molecule has 2 fully saturated rings. The average Bonchev–Trinajstić information content (AvgIpc) is 3.57. The lowest BCUT2D eigenvalue weighted by atomic mass is 10.0. The van der Waals surface area contributed by atoms with E-state index in [9.17, 15) is 39.7 Å². The fraction of sp³-hybridized carbons (Fsp3) is 0.882. The van der Waals surface area contributed by atoms with E-state index in [4.69, 9.17) is 18.5 Å². The molecule has 1 aromatic rings. The first-order valence-corrected chi connectivity index (χ1v) is 20.4. The fourth-order valence-electron chi connectivity index (χ4n) is 6.31. The van der Waals surface area contributed by atoms with Crippen molar-refractivity contribution in [2.24, 2.45) is 0 Å². The molecule has 6 N–H and O–H groups in total. The summed E-state index contributed by atoms with van der Waals surface area (Å²) >= 11 is 0. The Hall–Kier alpha value is -1.49. The summed E-state index contributed by atoms with van der Waals surface area (Å²) in [6.07, 6.45) is 8.76. The van der Waals surface area contributed by atoms with E-state index >= 15 is 0 Å². The smallest absolute Gasteiger partial charge is 0.334 e. The monoisotopic (exact) mass is 735 g/mol. The maximum atomic E-state index is 13.8. The van der Waals surface area contributed by atoms with Crippen LogP contribution in [0.4, 0.5) is 0 Å². The summed E-state index contributed by atoms with van der Waals surface area (Å²) in [5.74, 6) is 0. The van der Waals surface area contributed by atoms with Gasteiger partial charge in [-0.3, -0.25) is 28.3 Å². The second-order valence-electron chi connectivity index (χ2n) is 13.6. The molecule has 8 atom stereocenters. The predicted octanol–water partition coefficient (Wildman–Crippen LogP) is 2.63. The molecule has 0 amide bonds. The highest BCUT2D eigenvalue weighted by atomic mass is 31.2. The number of aliphatic hydroxyl groups is 5. The van der Waals surface area contributed by atoms with E-state index in [0.717, 1.165) is 29.7 Å². The molecule has 2 aliphatic heterocycles. The Labute approximate surface area is 295 Å². The molecule has 0 aliphatic carbocycles. The van der Waals surface area contributed by atoms with Crippen molar-refractivity contribution in [3.05, 3.63) is 33.1 Å². The topological polar surface area (TPSA) is 213 Å². The first-order valence-electron chi connectivity index (χ1n) is 18.6. The number of hydrogen-bond donors (Lipinski definition) is 6. The van der Waals surface area contributed by atoms with E-state index in [1.807, 2.05) is 4.98 Å². The number of rotatable bonds is 27. The number of unbranched alkanes of at least 4 members (excludes halogenated alkanes) is 13. The van der Waals surface area contributed by atoms with E-state index in [0.29, 0.717) is 19.6 Å². The SMILES string of the molecule is CCCCCCCCCCCCCCCCOCCCOP(=O)(CCN1C[C@@H](O)[C@H](O)C1)OC(O)[C@H]1O[C@@H](n2ccc(=O)[nH]c2=O)[C@H](O)[C@@H]1O. The summed E-state index contributed by atoms with van der Waals surface area (Å²) < 4.78 is 37.1. The zero-order valence-electron chi connectivity index (χ0n) is 29.7. The lowest BCUT2D eigenvalue weighted by Crippen LogP contribution is -2.40. The third kappa shape index (κ3) is 14.9. The Kier molecular flexibility index (Phi) is 19.9. The number of aliphatic hydroxyl groups excluding tert-OH is 5. The van der Waals surface area contributed by atoms with Crippen LogP contribution in [0.3, 0.4) is 0 Å². The first kappa shape index (κ1) is 42.9. The van der Waals surface area contributed by atoms with Crippen LogP contribution in [-0.2, 0) is 23.1 Å². The molecule has 0 aromatic carbocycles. The number of β-amino-alcohol motifs (C(OH)–C–C–N with tert-alkyl or cyclic N) is 2. The van der Waals surface area contributed by atoms with Crippen LogP contribution in [-0.4, -0.2) is 122 Å². The number of nitrogens with zero attached hydrogens (tertiary/aromatic N) is 2. The molecule has 2 saturated heterocycles. The van der Waals surface area contributed by atoms with Crippen LogP contribution in [0.1, 0.15) is 109 Å². The van der Waals surface area contributed by atoms with Gasteiger partial charge in [0, 0.05) is 45.1 Å². The Bertz CT molecular complexity index is 1220. The van der Waals surface area contributed by atoms with E-state index in [2.05, 4.69) is 6.92 Å². The number of aromatic amines is 1. The third-order valence-electron chi connectivity index (χ3n) is 9.34. The van der Waals surface area contributed by atoms with Gasteiger partial charge in [0.2, 0.25) is 0 Å². The molecular formula is C34H62N3O12P. The van der Waals surface area contributed by atoms with Gasteiger partial charge in [-0.15, -0.1) is 0 Å². The molecule has 2 aliphatic rings. The summed E-state index contributed by atoms with van der Waals surface area (Å²) in [7, 11) is -4.07. The molecule has 290 valence electrons. The highest BCUT2D eigenvalue weighted by molar-refractivity contribution is 7.53. The van der Waals surface area contributed by atoms with Crippen molar-refractivity contribution in [2.75, 3.05) is 45.6 Å². The largest absolute Gasteiger partial charge is 0.389 e. The Morgan fingerprint density at radius 1 is 0.840 bits per heavy atom. The number of aromatic nitrogens is 2. The number of H-pyrrole nitrogens is 1. The molecule has 16 heteroatoms. The Morgan fingerprint density at radius 2 is 1.40 bits per heavy atom. The van der Waals surface area contributed by atoms with Gasteiger partial charge in [-0.2, -0.15) is 0 Å². The molecule has 3 rings (SSSR count). The minimum Gasteiger partial charge on any atom is -0.389 e. The summed E-state index contributed by atoms with van der Waals surface area (Å²) in [5, 5.41) is 51.7. The predicted molar refractivity (Wildman–Crippen MR) is 187 cm³/mol. The van der Waals surface area contributed by atoms with Gasteiger partial charge in [-0.05, 0) is 12.8 Å². The molecule has 0 radical (unpaired) electrons. The molecule has 3 heterocycles. The van der Waals surface area contributed by atoms with Crippen molar-refractivity contribution in [3.63, 3.8) is 0 Å². The number of ether oxygens (including phenoxy) is 2. The Balaban J connectivity index is 1.36. The number of hydrogen-bond acceptors (Lipinski definition) is 13. The van der Waals surface area contributed by atoms with Gasteiger partial charge in [0.1, 0.15) is 18.3 Å². The standard InChI is InChI=1S/C34H62N3O12P/c1-2-3-4-5-6-7-8-9-10-11-12-13-14-15-20-46-21-16-22-47-50(45,23-19-36-24-26(38)27(39)25-36)49-33(43)31-29(41)30(42)32(48-31)37-18-17-28(40)35-34(37)44/h17-18,26-27,29-33,38-39,41-43H,2-16,19-25H2,1H3,(H,35,40,44)/t26-,27-,29+,30-,31+,32-,33?,50?/m1/s1. The van der Waals surface area contributed by atoms with Gasteiger partial charge in [-0.25, -0.2) is 4.79 Å². The van der Waals surface area contributed by atoms with E-state index in [-0.39, 0.29) is 32.4 Å². The van der Waals surface area contributed by atoms with E-state index in [1.165, 1.54) is 77.0 Å². The van der Waals surface area contributed by atoms with Crippen LogP contribution in [0.15, 0.2) is 21.9 Å². The average molecular weight is 736 g/mol. The van der Waals surface area contributed by atoms with E-state index < -0.39 is 61.9 Å². The van der Waals surface area contributed by atoms with Gasteiger partial charge in [0.05, 0.1) is 25.0 Å². The fourth-order valence-corrected chi connectivity index (χ4v) is 7.99. The third-order valence-corrected chi connectivity index (χ3v) is 11.2. The summed E-state index contributed by atoms with van der Waals surface area (Å²) in [5.41, 5.74) is -1.57. The van der Waals surface area contributed by atoms with Crippen LogP contribution in [0.2, 0.25) is 0 Å². The number of likely N-dealkylation sites (tertiary alicyclic amines) is 1. The second kappa shape index (κ2) is 23.2. The van der Waals surface area contributed by atoms with Crippen LogP contribution >= 0.6 is 7.60 Å². The molecule has 15 nitrogen and oxygen atoms in total. The maximum Gasteiger partial charge on any atom is 0.334 e. The van der Waals surface area contributed by atoms with Crippen LogP contribution in [0.25, 0.3) is 0 Å². The quantitative estimate of drug-likeness (QED) is 0.0436. The molecular weight excluding hydrogens is 673 g/mol. The van der Waals surface area contributed by atoms with E-state index in [1.54, 1.807) is 4.90 Å². The van der Waals surface area contributed by atoms with Crippen molar-refractivity contribution in [1.29, 1.82) is 0 Å². The molecule has 0 bridgehead atoms. The molecule has 0 spiro atoms. The van der Waals surface area contributed by atoms with Crippen molar-refractivity contribution < 1.29 is 48.6 Å². The van der Waals surface area contributed by atoms with Gasteiger partial charge < -0.3 is 39.5 Å². The molecule has 2 unspecified atom stereocenters. The number of nitrogens with one attached hydrogen (secondary N) is 1. The minimum absolute atomic E-state index is 0.0138. The van der Waals surface area contributed by atoms with Gasteiger partial charge in [-0.1, -0.05) is 90.4 Å². The van der Waals surface area contributed by atoms with Crippen molar-refractivity contribution in [2.45, 2.75) is 146 Å². The lowest BCUT2D eigenvalue weighted by Gasteiger charge is -2.27. The van der Waals surface area contributed by atoms with Crippen molar-refractivity contribution in [1.82, 2.24) is 14.5 Å². The highest BCUT2D eigenvalue weighted by Gasteiger charge is 2.49. The molecule has 0 saturated carbocycles. The lowest BCUT2D eigenvalue weighted by molar-refractivity contribution is -0.159. The zero-order valence-corrected chi connectivity index (χ0v) is 30.6. The second-order valence-corrected chi connectivity index (χ2v) is 15.7. The molecule has 1 aromatic heterocycles. The van der Waals surface area contributed by atoms with Gasteiger partial charge in [0.15, 0.2) is 12.5 Å². The van der Waals surface area contributed by atoms with Crippen molar-refractivity contribution >= 4 is 7.60 Å². The van der Waals surface area contributed by atoms with Crippen molar-refractivity contribution in [3.8, 4) is 0 Å². The van der Waals surface area contributed by atoms with Crippen LogP contribution < -0.4 is 11.2 Å². The van der Waals surface area contributed by atoms with Gasteiger partial charge in [0.25, 0.3) is 5.56 Å². The minimum atomic E-state index is -4.07. The Morgan fingerprint density at radius 3 is 1.98 bits per heavy atom. The van der Waals surface area contributed by atoms with Crippen LogP contribution in [0, 0.1) is 0 Å². The first-order chi connectivity index (χ1) is 24.0. The maximum absolute atomic E-state index is 13.8. The van der Waals surface area contributed by atoms with Gasteiger partial charge >= 0.3 is 13.3 Å². The summed E-state index contributed by atoms with van der Waals surface area (Å²) in [6.45, 7) is 3.64.